The Balaban J connectivity index is 2.68. The number of rotatable bonds is 3. The Kier molecular flexibility index (Phi) is 4.34. The molecule has 0 radical (unpaired) electrons. The molecular formula is C14H10F6O3S. The van der Waals surface area contributed by atoms with Crippen LogP contribution in [0.1, 0.15) is 5.56 Å². The molecule has 0 aromatic heterocycles. The van der Waals surface area contributed by atoms with Crippen LogP contribution in [-0.4, -0.2) is 30.1 Å². The third-order valence-corrected chi connectivity index (χ3v) is 5.11. The van der Waals surface area contributed by atoms with E-state index < -0.39 is 39.2 Å². The van der Waals surface area contributed by atoms with E-state index in [0.29, 0.717) is 10.8 Å². The summed E-state index contributed by atoms with van der Waals surface area (Å²) in [5.41, 5.74) is -0.527. The molecule has 0 atom stereocenters. The zero-order chi connectivity index (χ0) is 18.4. The van der Waals surface area contributed by atoms with Gasteiger partial charge in [-0.2, -0.15) is 34.8 Å². The highest BCUT2D eigenvalue weighted by Gasteiger charge is 2.78. The molecule has 132 valence electrons. The molecule has 2 rings (SSSR count). The second-order valence-corrected chi connectivity index (χ2v) is 6.80. The molecule has 0 aliphatic heterocycles. The summed E-state index contributed by atoms with van der Waals surface area (Å²) in [6.07, 6.45) is -14.5. The van der Waals surface area contributed by atoms with Crippen LogP contribution < -0.4 is 0 Å². The SMILES string of the molecule is O=S(=O)(O)C(Cc1ccc2ccccc2c1)(C(F)(F)F)C(F)(F)F. The van der Waals surface area contributed by atoms with Gasteiger partial charge in [-0.05, 0) is 16.3 Å². The van der Waals surface area contributed by atoms with Crippen LogP contribution in [-0.2, 0) is 16.5 Å². The zero-order valence-corrected chi connectivity index (χ0v) is 12.5. The number of halogens is 6. The minimum atomic E-state index is -6.54. The second kappa shape index (κ2) is 5.62. The van der Waals surface area contributed by atoms with E-state index in [0.717, 1.165) is 12.1 Å². The Labute approximate surface area is 132 Å². The highest BCUT2D eigenvalue weighted by atomic mass is 32.2. The minimum absolute atomic E-state index is 0.337. The van der Waals surface area contributed by atoms with Gasteiger partial charge in [-0.15, -0.1) is 0 Å². The second-order valence-electron chi connectivity index (χ2n) is 5.16. The summed E-state index contributed by atoms with van der Waals surface area (Å²) in [5, 5.41) is 0.890. The fourth-order valence-electron chi connectivity index (χ4n) is 2.38. The Bertz CT molecular complexity index is 841. The lowest BCUT2D eigenvalue weighted by atomic mass is 9.95. The first kappa shape index (κ1) is 18.5. The van der Waals surface area contributed by atoms with Crippen molar-refractivity contribution in [3.05, 3.63) is 48.0 Å². The molecule has 2 aromatic rings. The molecule has 0 unspecified atom stereocenters. The average molecular weight is 372 g/mol. The lowest BCUT2D eigenvalue weighted by Crippen LogP contribution is -2.63. The number of hydrogen-bond acceptors (Lipinski definition) is 2. The van der Waals surface area contributed by atoms with E-state index >= 15 is 0 Å². The van der Waals surface area contributed by atoms with Crippen molar-refractivity contribution in [2.45, 2.75) is 23.5 Å². The predicted octanol–water partition coefficient (Wildman–Crippen LogP) is 4.13. The summed E-state index contributed by atoms with van der Waals surface area (Å²) in [6.45, 7) is 0. The van der Waals surface area contributed by atoms with Crippen molar-refractivity contribution >= 4 is 20.9 Å². The smallest absolute Gasteiger partial charge is 0.285 e. The van der Waals surface area contributed by atoms with Gasteiger partial charge in [0, 0.05) is 6.42 Å². The van der Waals surface area contributed by atoms with Crippen LogP contribution in [0, 0.1) is 0 Å². The summed E-state index contributed by atoms with van der Waals surface area (Å²) in [5.74, 6) is 0. The summed E-state index contributed by atoms with van der Waals surface area (Å²) in [4.78, 5) is 0. The van der Waals surface area contributed by atoms with Crippen molar-refractivity contribution in [2.24, 2.45) is 0 Å². The molecular weight excluding hydrogens is 362 g/mol. The quantitative estimate of drug-likeness (QED) is 0.651. The van der Waals surface area contributed by atoms with E-state index in [4.69, 9.17) is 4.55 Å². The zero-order valence-electron chi connectivity index (χ0n) is 11.7. The molecule has 0 bridgehead atoms. The molecule has 3 nitrogen and oxygen atoms in total. The van der Waals surface area contributed by atoms with Crippen molar-refractivity contribution in [3.8, 4) is 0 Å². The van der Waals surface area contributed by atoms with Gasteiger partial charge in [-0.1, -0.05) is 42.5 Å². The fourth-order valence-corrected chi connectivity index (χ4v) is 3.32. The molecule has 0 amide bonds. The van der Waals surface area contributed by atoms with Crippen molar-refractivity contribution in [1.82, 2.24) is 0 Å². The van der Waals surface area contributed by atoms with Crippen molar-refractivity contribution in [3.63, 3.8) is 0 Å². The van der Waals surface area contributed by atoms with Gasteiger partial charge in [-0.3, -0.25) is 4.55 Å². The molecule has 0 aliphatic rings. The standard InChI is InChI=1S/C14H10F6O3S/c15-13(16,17)12(14(18,19)20,24(21,22)23)8-9-5-6-10-3-1-2-4-11(10)7-9/h1-7H,8H2,(H,21,22,23). The van der Waals surface area contributed by atoms with E-state index in [2.05, 4.69) is 0 Å². The monoisotopic (exact) mass is 372 g/mol. The van der Waals surface area contributed by atoms with Gasteiger partial charge in [0.1, 0.15) is 0 Å². The van der Waals surface area contributed by atoms with E-state index in [1.165, 1.54) is 18.2 Å². The van der Waals surface area contributed by atoms with E-state index in [1.807, 2.05) is 0 Å². The van der Waals surface area contributed by atoms with Gasteiger partial charge < -0.3 is 0 Å². The first-order valence-corrected chi connectivity index (χ1v) is 7.82. The van der Waals surface area contributed by atoms with Gasteiger partial charge in [0.25, 0.3) is 14.9 Å². The normalized spacial score (nSPS) is 14.1. The van der Waals surface area contributed by atoms with Crippen molar-refractivity contribution < 1.29 is 39.3 Å². The molecule has 10 heteroatoms. The Morgan fingerprint density at radius 2 is 1.33 bits per heavy atom. The summed E-state index contributed by atoms with van der Waals surface area (Å²) < 4.78 is 104. The summed E-state index contributed by atoms with van der Waals surface area (Å²) >= 11 is 0. The fraction of sp³-hybridized carbons (Fsp3) is 0.286. The number of hydrogen-bond donors (Lipinski definition) is 1. The van der Waals surface area contributed by atoms with Gasteiger partial charge in [-0.25, -0.2) is 0 Å². The maximum atomic E-state index is 13.1. The predicted molar refractivity (Wildman–Crippen MR) is 74.0 cm³/mol. The number of benzene rings is 2. The molecule has 0 saturated heterocycles. The largest absolute Gasteiger partial charge is 0.419 e. The van der Waals surface area contributed by atoms with Gasteiger partial charge in [0.2, 0.25) is 0 Å². The topological polar surface area (TPSA) is 54.4 Å². The lowest BCUT2D eigenvalue weighted by Gasteiger charge is -2.34. The molecule has 0 spiro atoms. The van der Waals surface area contributed by atoms with Gasteiger partial charge in [0.15, 0.2) is 0 Å². The minimum Gasteiger partial charge on any atom is -0.285 e. The summed E-state index contributed by atoms with van der Waals surface area (Å²) in [7, 11) is -6.54. The third-order valence-electron chi connectivity index (χ3n) is 3.62. The molecule has 0 heterocycles. The lowest BCUT2D eigenvalue weighted by molar-refractivity contribution is -0.268. The molecule has 1 N–H and O–H groups in total. The first-order chi connectivity index (χ1) is 10.8. The molecule has 24 heavy (non-hydrogen) atoms. The maximum Gasteiger partial charge on any atom is 0.419 e. The van der Waals surface area contributed by atoms with Crippen LogP contribution in [0.4, 0.5) is 26.3 Å². The molecule has 0 aliphatic carbocycles. The Morgan fingerprint density at radius 3 is 1.79 bits per heavy atom. The average Bonchev–Trinajstić information content (AvgIpc) is 2.40. The first-order valence-electron chi connectivity index (χ1n) is 6.38. The number of fused-ring (bicyclic) bond motifs is 1. The van der Waals surface area contributed by atoms with Gasteiger partial charge in [0.05, 0.1) is 0 Å². The highest BCUT2D eigenvalue weighted by Crippen LogP contribution is 2.50. The van der Waals surface area contributed by atoms with Crippen LogP contribution in [0.15, 0.2) is 42.5 Å². The van der Waals surface area contributed by atoms with Crippen LogP contribution in [0.5, 0.6) is 0 Å². The van der Waals surface area contributed by atoms with E-state index in [9.17, 15) is 34.8 Å². The number of alkyl halides is 6. The molecule has 2 aromatic carbocycles. The Hall–Kier alpha value is -1.81. The van der Waals surface area contributed by atoms with Crippen molar-refractivity contribution in [1.29, 1.82) is 0 Å². The summed E-state index contributed by atoms with van der Waals surface area (Å²) in [6, 6.07) is 9.43. The Morgan fingerprint density at radius 1 is 0.833 bits per heavy atom. The maximum absolute atomic E-state index is 13.1. The van der Waals surface area contributed by atoms with Crippen LogP contribution in [0.2, 0.25) is 0 Å². The van der Waals surface area contributed by atoms with E-state index in [-0.39, 0.29) is 0 Å². The third kappa shape index (κ3) is 2.95. The van der Waals surface area contributed by atoms with Crippen LogP contribution in [0.25, 0.3) is 10.8 Å². The highest BCUT2D eigenvalue weighted by molar-refractivity contribution is 7.87. The van der Waals surface area contributed by atoms with Gasteiger partial charge >= 0.3 is 12.4 Å². The van der Waals surface area contributed by atoms with E-state index in [1.54, 1.807) is 12.1 Å². The molecule has 0 fully saturated rings. The van der Waals surface area contributed by atoms with Crippen LogP contribution >= 0.6 is 0 Å². The molecule has 0 saturated carbocycles. The van der Waals surface area contributed by atoms with Crippen molar-refractivity contribution in [2.75, 3.05) is 0 Å². The van der Waals surface area contributed by atoms with Crippen LogP contribution in [0.3, 0.4) is 0 Å².